The molecule has 0 N–H and O–H groups in total. The molecule has 0 bridgehead atoms. The van der Waals surface area contributed by atoms with Gasteiger partial charge in [0.2, 0.25) is 0 Å². The number of esters is 1. The lowest BCUT2D eigenvalue weighted by Crippen LogP contribution is -2.60. The Hall–Kier alpha value is -1.47. The molecule has 3 rings (SSSR count). The van der Waals surface area contributed by atoms with Crippen molar-refractivity contribution in [2.45, 2.75) is 37.6 Å². The van der Waals surface area contributed by atoms with Crippen LogP contribution in [0, 0.1) is 5.92 Å². The van der Waals surface area contributed by atoms with Gasteiger partial charge in [-0.25, -0.2) is 4.79 Å². The van der Waals surface area contributed by atoms with Gasteiger partial charge in [0, 0.05) is 18.6 Å². The van der Waals surface area contributed by atoms with E-state index in [1.54, 1.807) is 7.11 Å². The van der Waals surface area contributed by atoms with Crippen LogP contribution in [0.2, 0.25) is 0 Å². The molecule has 1 aromatic rings. The fourth-order valence-corrected chi connectivity index (χ4v) is 3.28. The molecule has 0 amide bonds. The van der Waals surface area contributed by atoms with Crippen molar-refractivity contribution in [3.63, 3.8) is 0 Å². The molecule has 2 saturated heterocycles. The van der Waals surface area contributed by atoms with Crippen LogP contribution in [0.15, 0.2) is 30.3 Å². The van der Waals surface area contributed by atoms with Gasteiger partial charge in [-0.05, 0) is 0 Å². The molecule has 0 spiro atoms. The third-order valence-corrected chi connectivity index (χ3v) is 4.49. The summed E-state index contributed by atoms with van der Waals surface area (Å²) in [4.78, 5) is 11.9. The van der Waals surface area contributed by atoms with Crippen LogP contribution in [0.1, 0.15) is 18.8 Å². The molecule has 0 radical (unpaired) electrons. The smallest absolute Gasteiger partial charge is 0.337 e. The van der Waals surface area contributed by atoms with Crippen molar-refractivity contribution in [2.24, 2.45) is 5.92 Å². The zero-order valence-electron chi connectivity index (χ0n) is 13.5. The second-order valence-corrected chi connectivity index (χ2v) is 5.85. The molecular weight excluding hydrogens is 300 g/mol. The maximum atomic E-state index is 11.9. The van der Waals surface area contributed by atoms with E-state index in [0.717, 1.165) is 5.56 Å². The SMILES string of the molecule is COC(=O)[C@@H]1OC2COC(c3ccccc3)O[C@@H]2C(C)C1OC. The van der Waals surface area contributed by atoms with E-state index in [0.29, 0.717) is 6.61 Å². The number of carbonyl (C=O) groups is 1. The molecule has 23 heavy (non-hydrogen) atoms. The number of methoxy groups -OCH3 is 2. The number of ether oxygens (including phenoxy) is 5. The summed E-state index contributed by atoms with van der Waals surface area (Å²) in [6.07, 6.45) is -2.14. The predicted octanol–water partition coefficient (Wildman–Crippen LogP) is 1.69. The summed E-state index contributed by atoms with van der Waals surface area (Å²) in [6, 6.07) is 9.76. The number of hydrogen-bond donors (Lipinski definition) is 0. The summed E-state index contributed by atoms with van der Waals surface area (Å²) in [5.74, 6) is -0.467. The van der Waals surface area contributed by atoms with Gasteiger partial charge >= 0.3 is 5.97 Å². The first-order chi connectivity index (χ1) is 11.2. The summed E-state index contributed by atoms with van der Waals surface area (Å²) >= 11 is 0. The van der Waals surface area contributed by atoms with Crippen molar-refractivity contribution in [2.75, 3.05) is 20.8 Å². The highest BCUT2D eigenvalue weighted by atomic mass is 16.7. The Morgan fingerprint density at radius 1 is 1.17 bits per heavy atom. The van der Waals surface area contributed by atoms with Gasteiger partial charge in [0.1, 0.15) is 6.10 Å². The van der Waals surface area contributed by atoms with Crippen LogP contribution in [-0.4, -0.2) is 51.2 Å². The third-order valence-electron chi connectivity index (χ3n) is 4.49. The Morgan fingerprint density at radius 3 is 2.57 bits per heavy atom. The van der Waals surface area contributed by atoms with Crippen LogP contribution in [-0.2, 0) is 28.5 Å². The molecule has 1 aromatic carbocycles. The summed E-state index contributed by atoms with van der Waals surface area (Å²) in [5, 5.41) is 0. The fourth-order valence-electron chi connectivity index (χ4n) is 3.28. The second kappa shape index (κ2) is 6.97. The molecule has 6 atom stereocenters. The lowest BCUT2D eigenvalue weighted by atomic mass is 9.86. The second-order valence-electron chi connectivity index (χ2n) is 5.85. The van der Waals surface area contributed by atoms with Gasteiger partial charge in [-0.3, -0.25) is 0 Å². The van der Waals surface area contributed by atoms with Crippen LogP contribution in [0.5, 0.6) is 0 Å². The first kappa shape index (κ1) is 16.4. The molecule has 2 fully saturated rings. The first-order valence-corrected chi connectivity index (χ1v) is 7.73. The van der Waals surface area contributed by atoms with Crippen LogP contribution < -0.4 is 0 Å². The van der Waals surface area contributed by atoms with Crippen LogP contribution in [0.25, 0.3) is 0 Å². The summed E-state index contributed by atoms with van der Waals surface area (Å²) < 4.78 is 28.0. The zero-order valence-corrected chi connectivity index (χ0v) is 13.5. The van der Waals surface area contributed by atoms with Crippen molar-refractivity contribution in [1.82, 2.24) is 0 Å². The molecular formula is C17H22O6. The first-order valence-electron chi connectivity index (χ1n) is 7.73. The van der Waals surface area contributed by atoms with Crippen LogP contribution in [0.4, 0.5) is 0 Å². The van der Waals surface area contributed by atoms with Gasteiger partial charge in [-0.1, -0.05) is 37.3 Å². The normalized spacial score (nSPS) is 37.0. The van der Waals surface area contributed by atoms with E-state index >= 15 is 0 Å². The van der Waals surface area contributed by atoms with E-state index in [9.17, 15) is 4.79 Å². The number of hydrogen-bond acceptors (Lipinski definition) is 6. The Labute approximate surface area is 135 Å². The highest BCUT2D eigenvalue weighted by Gasteiger charge is 2.50. The van der Waals surface area contributed by atoms with Crippen molar-refractivity contribution in [3.05, 3.63) is 35.9 Å². The van der Waals surface area contributed by atoms with E-state index in [4.69, 9.17) is 23.7 Å². The van der Waals surface area contributed by atoms with E-state index in [2.05, 4.69) is 0 Å². The zero-order chi connectivity index (χ0) is 16.4. The van der Waals surface area contributed by atoms with E-state index < -0.39 is 24.5 Å². The molecule has 2 heterocycles. The van der Waals surface area contributed by atoms with Crippen molar-refractivity contribution >= 4 is 5.97 Å². The summed E-state index contributed by atoms with van der Waals surface area (Å²) in [5.41, 5.74) is 0.960. The molecule has 0 saturated carbocycles. The number of rotatable bonds is 3. The summed E-state index contributed by atoms with van der Waals surface area (Å²) in [7, 11) is 2.91. The van der Waals surface area contributed by atoms with Crippen molar-refractivity contribution in [3.8, 4) is 0 Å². The molecule has 4 unspecified atom stereocenters. The van der Waals surface area contributed by atoms with Gasteiger partial charge in [0.25, 0.3) is 0 Å². The largest absolute Gasteiger partial charge is 0.467 e. The van der Waals surface area contributed by atoms with Gasteiger partial charge in [0.15, 0.2) is 12.4 Å². The van der Waals surface area contributed by atoms with E-state index in [-0.39, 0.29) is 18.1 Å². The van der Waals surface area contributed by atoms with E-state index in [1.807, 2.05) is 37.3 Å². The van der Waals surface area contributed by atoms with Gasteiger partial charge < -0.3 is 23.7 Å². The molecule has 126 valence electrons. The fraction of sp³-hybridized carbons (Fsp3) is 0.588. The highest BCUT2D eigenvalue weighted by molar-refractivity contribution is 5.75. The van der Waals surface area contributed by atoms with Gasteiger partial charge in [-0.15, -0.1) is 0 Å². The molecule has 6 heteroatoms. The number of benzene rings is 1. The standard InChI is InChI=1S/C17H22O6/c1-10-13-12(22-15(14(10)19-2)16(18)20-3)9-21-17(23-13)11-7-5-4-6-8-11/h4-8,10,12-15,17H,9H2,1-3H3/t10?,12?,13-,14?,15-,17?/m1/s1. The lowest BCUT2D eigenvalue weighted by molar-refractivity contribution is -0.317. The quantitative estimate of drug-likeness (QED) is 0.789. The molecule has 0 aliphatic carbocycles. The van der Waals surface area contributed by atoms with Gasteiger partial charge in [0.05, 0.1) is 25.9 Å². The number of fused-ring (bicyclic) bond motifs is 1. The van der Waals surface area contributed by atoms with Crippen molar-refractivity contribution < 1.29 is 28.5 Å². The van der Waals surface area contributed by atoms with E-state index in [1.165, 1.54) is 7.11 Å². The van der Waals surface area contributed by atoms with Crippen LogP contribution >= 0.6 is 0 Å². The maximum Gasteiger partial charge on any atom is 0.337 e. The molecule has 6 nitrogen and oxygen atoms in total. The Bertz CT molecular complexity index is 533. The average Bonchev–Trinajstić information content (AvgIpc) is 2.61. The number of carbonyl (C=O) groups excluding carboxylic acids is 1. The minimum absolute atomic E-state index is 0.0297. The summed E-state index contributed by atoms with van der Waals surface area (Å²) in [6.45, 7) is 2.36. The Morgan fingerprint density at radius 2 is 1.91 bits per heavy atom. The third kappa shape index (κ3) is 3.12. The average molecular weight is 322 g/mol. The van der Waals surface area contributed by atoms with Crippen LogP contribution in [0.3, 0.4) is 0 Å². The molecule has 2 aliphatic rings. The lowest BCUT2D eigenvalue weighted by Gasteiger charge is -2.47. The highest BCUT2D eigenvalue weighted by Crippen LogP contribution is 2.37. The predicted molar refractivity (Wildman–Crippen MR) is 80.6 cm³/mol. The maximum absolute atomic E-state index is 11.9. The minimum Gasteiger partial charge on any atom is -0.467 e. The molecule has 2 aliphatic heterocycles. The Kier molecular flexibility index (Phi) is 4.96. The monoisotopic (exact) mass is 322 g/mol. The minimum atomic E-state index is -0.762. The van der Waals surface area contributed by atoms with Gasteiger partial charge in [-0.2, -0.15) is 0 Å². The van der Waals surface area contributed by atoms with Crippen molar-refractivity contribution in [1.29, 1.82) is 0 Å². The Balaban J connectivity index is 1.77. The molecule has 0 aromatic heterocycles. The topological polar surface area (TPSA) is 63.2 Å².